The lowest BCUT2D eigenvalue weighted by atomic mass is 10.0. The highest BCUT2D eigenvalue weighted by Crippen LogP contribution is 2.19. The minimum Gasteiger partial charge on any atom is -0.332 e. The summed E-state index contributed by atoms with van der Waals surface area (Å²) in [6.07, 6.45) is 0.365. The molecule has 0 atom stereocenters. The van der Waals surface area contributed by atoms with Gasteiger partial charge in [0.25, 0.3) is 0 Å². The molecule has 108 valence electrons. The molecule has 0 aliphatic rings. The van der Waals surface area contributed by atoms with Crippen LogP contribution < -0.4 is 5.73 Å². The van der Waals surface area contributed by atoms with Crippen LogP contribution in [0.5, 0.6) is 0 Å². The molecule has 2 heterocycles. The number of rotatable bonds is 6. The van der Waals surface area contributed by atoms with Gasteiger partial charge in [-0.05, 0) is 36.7 Å². The van der Waals surface area contributed by atoms with Crippen molar-refractivity contribution in [1.29, 1.82) is 0 Å². The molecule has 0 aromatic carbocycles. The molecule has 0 unspecified atom stereocenters. The summed E-state index contributed by atoms with van der Waals surface area (Å²) in [5.74, 6) is 0.110. The van der Waals surface area contributed by atoms with Crippen molar-refractivity contribution in [2.45, 2.75) is 38.9 Å². The Morgan fingerprint density at radius 2 is 1.65 bits per heavy atom. The first-order valence-electron chi connectivity index (χ1n) is 6.55. The maximum Gasteiger partial charge on any atom is 0.225 e. The molecular formula is C15H20N2OS2. The second-order valence-corrected chi connectivity index (χ2v) is 7.64. The quantitative estimate of drug-likeness (QED) is 0.888. The number of hydrogen-bond acceptors (Lipinski definition) is 4. The van der Waals surface area contributed by atoms with Crippen LogP contribution in [0.2, 0.25) is 0 Å². The Balaban J connectivity index is 2.08. The summed E-state index contributed by atoms with van der Waals surface area (Å²) in [5, 5.41) is 4.08. The summed E-state index contributed by atoms with van der Waals surface area (Å²) in [6.45, 7) is 5.09. The van der Waals surface area contributed by atoms with E-state index < -0.39 is 5.54 Å². The second-order valence-electron chi connectivity index (χ2n) is 5.57. The van der Waals surface area contributed by atoms with Crippen molar-refractivity contribution in [3.63, 3.8) is 0 Å². The van der Waals surface area contributed by atoms with Crippen molar-refractivity contribution in [1.82, 2.24) is 4.90 Å². The maximum absolute atomic E-state index is 12.5. The van der Waals surface area contributed by atoms with E-state index in [2.05, 4.69) is 12.1 Å². The van der Waals surface area contributed by atoms with Gasteiger partial charge in [-0.3, -0.25) is 4.79 Å². The van der Waals surface area contributed by atoms with Crippen LogP contribution in [0.1, 0.15) is 30.0 Å². The van der Waals surface area contributed by atoms with E-state index in [4.69, 9.17) is 5.73 Å². The van der Waals surface area contributed by atoms with Crippen LogP contribution in [0.4, 0.5) is 0 Å². The van der Waals surface area contributed by atoms with E-state index in [1.54, 1.807) is 22.7 Å². The predicted molar refractivity (Wildman–Crippen MR) is 85.8 cm³/mol. The lowest BCUT2D eigenvalue weighted by molar-refractivity contribution is -0.133. The van der Waals surface area contributed by atoms with Gasteiger partial charge in [-0.2, -0.15) is 0 Å². The van der Waals surface area contributed by atoms with Gasteiger partial charge in [-0.1, -0.05) is 12.1 Å². The highest BCUT2D eigenvalue weighted by Gasteiger charge is 2.22. The molecule has 0 fully saturated rings. The zero-order valence-electron chi connectivity index (χ0n) is 11.8. The Kier molecular flexibility index (Phi) is 4.96. The molecule has 0 bridgehead atoms. The first-order chi connectivity index (χ1) is 9.44. The number of carbonyl (C=O) groups excluding carboxylic acids is 1. The van der Waals surface area contributed by atoms with Crippen molar-refractivity contribution in [3.8, 4) is 0 Å². The molecule has 2 N–H and O–H groups in total. The summed E-state index contributed by atoms with van der Waals surface area (Å²) in [4.78, 5) is 16.8. The minimum absolute atomic E-state index is 0.110. The Morgan fingerprint density at radius 3 is 2.00 bits per heavy atom. The Hall–Kier alpha value is -1.17. The van der Waals surface area contributed by atoms with E-state index in [0.717, 1.165) is 0 Å². The van der Waals surface area contributed by atoms with Crippen LogP contribution >= 0.6 is 22.7 Å². The van der Waals surface area contributed by atoms with Gasteiger partial charge in [0.2, 0.25) is 5.91 Å². The number of carbonyl (C=O) groups is 1. The molecule has 0 spiro atoms. The van der Waals surface area contributed by atoms with E-state index in [1.165, 1.54) is 9.75 Å². The lowest BCUT2D eigenvalue weighted by Gasteiger charge is -2.26. The SMILES string of the molecule is CC(C)(N)CC(=O)N(Cc1cccs1)Cc1cccs1. The second kappa shape index (κ2) is 6.52. The lowest BCUT2D eigenvalue weighted by Crippen LogP contribution is -2.40. The largest absolute Gasteiger partial charge is 0.332 e. The Labute approximate surface area is 128 Å². The topological polar surface area (TPSA) is 46.3 Å². The van der Waals surface area contributed by atoms with Crippen LogP contribution in [0.15, 0.2) is 35.0 Å². The van der Waals surface area contributed by atoms with E-state index in [0.29, 0.717) is 19.5 Å². The first kappa shape index (κ1) is 15.2. The molecule has 1 amide bonds. The summed E-state index contributed by atoms with van der Waals surface area (Å²) in [7, 11) is 0. The number of nitrogens with zero attached hydrogens (tertiary/aromatic N) is 1. The first-order valence-corrected chi connectivity index (χ1v) is 8.31. The fraction of sp³-hybridized carbons (Fsp3) is 0.400. The highest BCUT2D eigenvalue weighted by atomic mass is 32.1. The number of nitrogens with two attached hydrogens (primary N) is 1. The molecule has 0 saturated heterocycles. The molecule has 2 rings (SSSR count). The van der Waals surface area contributed by atoms with Crippen molar-refractivity contribution in [2.75, 3.05) is 0 Å². The Morgan fingerprint density at radius 1 is 1.15 bits per heavy atom. The molecule has 20 heavy (non-hydrogen) atoms. The van der Waals surface area contributed by atoms with Crippen LogP contribution in [-0.2, 0) is 17.9 Å². The summed E-state index contributed by atoms with van der Waals surface area (Å²) >= 11 is 3.36. The molecule has 3 nitrogen and oxygen atoms in total. The zero-order chi connectivity index (χ0) is 14.6. The van der Waals surface area contributed by atoms with Crippen LogP contribution in [-0.4, -0.2) is 16.3 Å². The summed E-state index contributed by atoms with van der Waals surface area (Å²) in [6, 6.07) is 8.15. The van der Waals surface area contributed by atoms with Crippen molar-refractivity contribution in [2.24, 2.45) is 5.73 Å². The van der Waals surface area contributed by atoms with E-state index in [9.17, 15) is 4.79 Å². The molecule has 5 heteroatoms. The van der Waals surface area contributed by atoms with E-state index in [1.807, 2.05) is 41.6 Å². The van der Waals surface area contributed by atoms with E-state index in [-0.39, 0.29) is 5.91 Å². The van der Waals surface area contributed by atoms with Crippen LogP contribution in [0.25, 0.3) is 0 Å². The number of hydrogen-bond donors (Lipinski definition) is 1. The predicted octanol–water partition coefficient (Wildman–Crippen LogP) is 3.47. The molecule has 0 aliphatic carbocycles. The van der Waals surface area contributed by atoms with Crippen LogP contribution in [0.3, 0.4) is 0 Å². The van der Waals surface area contributed by atoms with Crippen molar-refractivity contribution in [3.05, 3.63) is 44.8 Å². The molecule has 0 radical (unpaired) electrons. The van der Waals surface area contributed by atoms with Gasteiger partial charge in [0, 0.05) is 21.7 Å². The van der Waals surface area contributed by atoms with Gasteiger partial charge in [-0.25, -0.2) is 0 Å². The summed E-state index contributed by atoms with van der Waals surface area (Å²) in [5.41, 5.74) is 5.51. The molecule has 2 aromatic rings. The monoisotopic (exact) mass is 308 g/mol. The Bertz CT molecular complexity index is 490. The standard InChI is InChI=1S/C15H20N2OS2/c1-15(2,16)9-14(18)17(10-12-5-3-7-19-12)11-13-6-4-8-20-13/h3-8H,9-11,16H2,1-2H3. The highest BCUT2D eigenvalue weighted by molar-refractivity contribution is 7.10. The average Bonchev–Trinajstić information content (AvgIpc) is 2.98. The molecular weight excluding hydrogens is 288 g/mol. The van der Waals surface area contributed by atoms with Crippen molar-refractivity contribution < 1.29 is 4.79 Å². The van der Waals surface area contributed by atoms with Gasteiger partial charge < -0.3 is 10.6 Å². The van der Waals surface area contributed by atoms with Crippen LogP contribution in [0, 0.1) is 0 Å². The molecule has 2 aromatic heterocycles. The third-order valence-corrected chi connectivity index (χ3v) is 4.54. The average molecular weight is 308 g/mol. The van der Waals surface area contributed by atoms with Gasteiger partial charge in [0.05, 0.1) is 13.1 Å². The zero-order valence-corrected chi connectivity index (χ0v) is 13.5. The molecule has 0 saturated carbocycles. The fourth-order valence-corrected chi connectivity index (χ4v) is 3.35. The summed E-state index contributed by atoms with van der Waals surface area (Å²) < 4.78 is 0. The third-order valence-electron chi connectivity index (χ3n) is 2.81. The molecule has 0 aliphatic heterocycles. The number of thiophene rings is 2. The van der Waals surface area contributed by atoms with Crippen molar-refractivity contribution >= 4 is 28.6 Å². The van der Waals surface area contributed by atoms with Gasteiger partial charge >= 0.3 is 0 Å². The van der Waals surface area contributed by atoms with Gasteiger partial charge in [0.15, 0.2) is 0 Å². The van der Waals surface area contributed by atoms with E-state index >= 15 is 0 Å². The smallest absolute Gasteiger partial charge is 0.225 e. The fourth-order valence-electron chi connectivity index (χ4n) is 1.92. The minimum atomic E-state index is -0.472. The number of amides is 1. The maximum atomic E-state index is 12.5. The van der Waals surface area contributed by atoms with Gasteiger partial charge in [-0.15, -0.1) is 22.7 Å². The third kappa shape index (κ3) is 4.74. The normalized spacial score (nSPS) is 11.6. The van der Waals surface area contributed by atoms with Gasteiger partial charge in [0.1, 0.15) is 0 Å².